The van der Waals surface area contributed by atoms with E-state index in [-0.39, 0.29) is 18.2 Å². The summed E-state index contributed by atoms with van der Waals surface area (Å²) in [6.45, 7) is 6.39. The smallest absolute Gasteiger partial charge is 0.332 e. The van der Waals surface area contributed by atoms with Gasteiger partial charge in [0.15, 0.2) is 0 Å². The number of unbranched alkanes of at least 4 members (excludes halogenated alkanes) is 3. The summed E-state index contributed by atoms with van der Waals surface area (Å²) in [6, 6.07) is 0. The third-order valence-corrected chi connectivity index (χ3v) is 2.80. The van der Waals surface area contributed by atoms with Crippen LogP contribution in [0.3, 0.4) is 0 Å². The molecule has 1 heterocycles. The molecule has 4 heteroatoms. The second kappa shape index (κ2) is 6.86. The maximum atomic E-state index is 11.3. The molecule has 1 N–H and O–H groups in total. The van der Waals surface area contributed by atoms with Gasteiger partial charge in [-0.15, -0.1) is 0 Å². The Hall–Kier alpha value is -0.610. The SMILES string of the molecule is CCCCCCOC(=O)COC1(C)CNC1. The molecule has 0 unspecified atom stereocenters. The summed E-state index contributed by atoms with van der Waals surface area (Å²) in [6.07, 6.45) is 4.49. The van der Waals surface area contributed by atoms with Crippen LogP contribution in [0.25, 0.3) is 0 Å². The van der Waals surface area contributed by atoms with Crippen LogP contribution in [0.15, 0.2) is 0 Å². The molecule has 1 aliphatic heterocycles. The molecule has 1 aliphatic rings. The number of rotatable bonds is 8. The molecule has 0 saturated carbocycles. The van der Waals surface area contributed by atoms with E-state index in [0.717, 1.165) is 25.9 Å². The molecule has 16 heavy (non-hydrogen) atoms. The highest BCUT2D eigenvalue weighted by molar-refractivity contribution is 5.70. The standard InChI is InChI=1S/C12H23NO3/c1-3-4-5-6-7-15-11(14)8-16-12(2)9-13-10-12/h13H,3-10H2,1-2H3. The van der Waals surface area contributed by atoms with Gasteiger partial charge >= 0.3 is 5.97 Å². The molecule has 0 aromatic carbocycles. The Morgan fingerprint density at radius 3 is 2.62 bits per heavy atom. The maximum Gasteiger partial charge on any atom is 0.332 e. The van der Waals surface area contributed by atoms with Gasteiger partial charge in [-0.1, -0.05) is 26.2 Å². The first-order chi connectivity index (χ1) is 7.66. The van der Waals surface area contributed by atoms with Gasteiger partial charge in [0.05, 0.1) is 12.2 Å². The van der Waals surface area contributed by atoms with E-state index in [0.29, 0.717) is 6.61 Å². The van der Waals surface area contributed by atoms with E-state index in [1.165, 1.54) is 12.8 Å². The molecule has 1 rings (SSSR count). The maximum absolute atomic E-state index is 11.3. The van der Waals surface area contributed by atoms with Crippen LogP contribution in [-0.4, -0.2) is 37.9 Å². The molecule has 0 aliphatic carbocycles. The van der Waals surface area contributed by atoms with Gasteiger partial charge in [0.25, 0.3) is 0 Å². The van der Waals surface area contributed by atoms with E-state index >= 15 is 0 Å². The first kappa shape index (κ1) is 13.5. The van der Waals surface area contributed by atoms with Crippen molar-refractivity contribution in [1.29, 1.82) is 0 Å². The summed E-state index contributed by atoms with van der Waals surface area (Å²) in [5.41, 5.74) is -0.165. The summed E-state index contributed by atoms with van der Waals surface area (Å²) in [5, 5.41) is 3.11. The minimum absolute atomic E-state index is 0.0754. The van der Waals surface area contributed by atoms with Crippen molar-refractivity contribution in [3.8, 4) is 0 Å². The minimum Gasteiger partial charge on any atom is -0.464 e. The molecule has 1 saturated heterocycles. The average molecular weight is 229 g/mol. The molecule has 94 valence electrons. The molecule has 0 aromatic rings. The van der Waals surface area contributed by atoms with Crippen molar-refractivity contribution in [2.45, 2.75) is 45.1 Å². The van der Waals surface area contributed by atoms with Gasteiger partial charge in [-0.05, 0) is 13.3 Å². The monoisotopic (exact) mass is 229 g/mol. The van der Waals surface area contributed by atoms with Gasteiger partial charge < -0.3 is 14.8 Å². The van der Waals surface area contributed by atoms with Gasteiger partial charge in [0, 0.05) is 13.1 Å². The van der Waals surface area contributed by atoms with Crippen LogP contribution in [0.2, 0.25) is 0 Å². The van der Waals surface area contributed by atoms with Crippen LogP contribution >= 0.6 is 0 Å². The summed E-state index contributed by atoms with van der Waals surface area (Å²) in [4.78, 5) is 11.3. The predicted octanol–water partition coefficient (Wildman–Crippen LogP) is 1.49. The highest BCUT2D eigenvalue weighted by Crippen LogP contribution is 2.14. The fourth-order valence-corrected chi connectivity index (χ4v) is 1.57. The molecule has 0 radical (unpaired) electrons. The van der Waals surface area contributed by atoms with E-state index in [1.807, 2.05) is 6.92 Å². The van der Waals surface area contributed by atoms with Gasteiger partial charge in [-0.25, -0.2) is 4.79 Å². The van der Waals surface area contributed by atoms with Gasteiger partial charge in [-0.3, -0.25) is 0 Å². The number of hydrogen-bond donors (Lipinski definition) is 1. The third-order valence-electron chi connectivity index (χ3n) is 2.80. The number of ether oxygens (including phenoxy) is 2. The number of esters is 1. The molecular formula is C12H23NO3. The molecule has 0 spiro atoms. The van der Waals surface area contributed by atoms with Crippen molar-refractivity contribution >= 4 is 5.97 Å². The van der Waals surface area contributed by atoms with Crippen molar-refractivity contribution in [3.63, 3.8) is 0 Å². The summed E-state index contributed by atoms with van der Waals surface area (Å²) in [5.74, 6) is -0.246. The second-order valence-corrected chi connectivity index (χ2v) is 4.62. The Bertz CT molecular complexity index is 214. The van der Waals surface area contributed by atoms with Crippen LogP contribution in [0, 0.1) is 0 Å². The molecular weight excluding hydrogens is 206 g/mol. The molecule has 0 aromatic heterocycles. The van der Waals surface area contributed by atoms with Crippen molar-refractivity contribution in [2.24, 2.45) is 0 Å². The largest absolute Gasteiger partial charge is 0.464 e. The molecule has 0 atom stereocenters. The number of nitrogens with one attached hydrogen (secondary N) is 1. The van der Waals surface area contributed by atoms with Gasteiger partial charge in [0.1, 0.15) is 6.61 Å². The van der Waals surface area contributed by atoms with Crippen molar-refractivity contribution in [3.05, 3.63) is 0 Å². The molecule has 1 fully saturated rings. The van der Waals surface area contributed by atoms with Crippen LogP contribution < -0.4 is 5.32 Å². The highest BCUT2D eigenvalue weighted by atomic mass is 16.6. The zero-order chi connectivity index (χ0) is 11.9. The van der Waals surface area contributed by atoms with Crippen LogP contribution in [0.4, 0.5) is 0 Å². The normalized spacial score (nSPS) is 17.9. The summed E-state index contributed by atoms with van der Waals surface area (Å²) >= 11 is 0. The van der Waals surface area contributed by atoms with Crippen molar-refractivity contribution in [1.82, 2.24) is 5.32 Å². The lowest BCUT2D eigenvalue weighted by molar-refractivity contribution is -0.158. The van der Waals surface area contributed by atoms with Crippen LogP contribution in [0.1, 0.15) is 39.5 Å². The van der Waals surface area contributed by atoms with E-state index in [9.17, 15) is 4.79 Å². The Balaban J connectivity index is 1.94. The minimum atomic E-state index is -0.246. The first-order valence-electron chi connectivity index (χ1n) is 6.16. The number of carbonyl (C=O) groups is 1. The predicted molar refractivity (Wildman–Crippen MR) is 62.3 cm³/mol. The molecule has 4 nitrogen and oxygen atoms in total. The van der Waals surface area contributed by atoms with Gasteiger partial charge in [-0.2, -0.15) is 0 Å². The lowest BCUT2D eigenvalue weighted by Gasteiger charge is -2.38. The zero-order valence-corrected chi connectivity index (χ0v) is 10.4. The fraction of sp³-hybridized carbons (Fsp3) is 0.917. The summed E-state index contributed by atoms with van der Waals surface area (Å²) < 4.78 is 10.5. The highest BCUT2D eigenvalue weighted by Gasteiger charge is 2.33. The fourth-order valence-electron chi connectivity index (χ4n) is 1.57. The van der Waals surface area contributed by atoms with Crippen LogP contribution in [0.5, 0.6) is 0 Å². The summed E-state index contributed by atoms with van der Waals surface area (Å²) in [7, 11) is 0. The van der Waals surface area contributed by atoms with E-state index in [4.69, 9.17) is 9.47 Å². The van der Waals surface area contributed by atoms with Crippen molar-refractivity contribution < 1.29 is 14.3 Å². The number of carbonyl (C=O) groups excluding carboxylic acids is 1. The Morgan fingerprint density at radius 2 is 2.06 bits per heavy atom. The lowest BCUT2D eigenvalue weighted by atomic mass is 10.0. The third kappa shape index (κ3) is 4.94. The second-order valence-electron chi connectivity index (χ2n) is 4.62. The lowest BCUT2D eigenvalue weighted by Crippen LogP contribution is -2.59. The van der Waals surface area contributed by atoms with Crippen LogP contribution in [-0.2, 0) is 14.3 Å². The quantitative estimate of drug-likeness (QED) is 0.506. The number of hydrogen-bond acceptors (Lipinski definition) is 4. The van der Waals surface area contributed by atoms with E-state index in [2.05, 4.69) is 12.2 Å². The topological polar surface area (TPSA) is 47.6 Å². The molecule has 0 bridgehead atoms. The van der Waals surface area contributed by atoms with E-state index in [1.54, 1.807) is 0 Å². The Kier molecular flexibility index (Phi) is 5.77. The van der Waals surface area contributed by atoms with Crippen molar-refractivity contribution in [2.75, 3.05) is 26.3 Å². The van der Waals surface area contributed by atoms with Gasteiger partial charge in [0.2, 0.25) is 0 Å². The average Bonchev–Trinajstić information content (AvgIpc) is 2.23. The zero-order valence-electron chi connectivity index (χ0n) is 10.4. The first-order valence-corrected chi connectivity index (χ1v) is 6.16. The molecule has 0 amide bonds. The Labute approximate surface area is 97.7 Å². The Morgan fingerprint density at radius 1 is 1.31 bits per heavy atom. The van der Waals surface area contributed by atoms with E-state index < -0.39 is 0 Å².